The van der Waals surface area contributed by atoms with Crippen molar-refractivity contribution >= 4 is 31.2 Å². The number of sulfone groups is 1. The number of hydrogen-bond donors (Lipinski definition) is 1. The van der Waals surface area contributed by atoms with E-state index in [-0.39, 0.29) is 16.3 Å². The van der Waals surface area contributed by atoms with Gasteiger partial charge in [0, 0.05) is 11.4 Å². The first-order valence-corrected chi connectivity index (χ1v) is 12.9. The maximum Gasteiger partial charge on any atom is 0.240 e. The molecule has 0 aliphatic rings. The second kappa shape index (κ2) is 9.25. The Bertz CT molecular complexity index is 1170. The van der Waals surface area contributed by atoms with Crippen molar-refractivity contribution in [2.24, 2.45) is 0 Å². The number of rotatable bonds is 9. The zero-order valence-corrected chi connectivity index (χ0v) is 18.4. The molecule has 1 heterocycles. The van der Waals surface area contributed by atoms with E-state index in [2.05, 4.69) is 4.72 Å². The van der Waals surface area contributed by atoms with Crippen LogP contribution in [0.3, 0.4) is 0 Å². The minimum absolute atomic E-state index is 0.00457. The van der Waals surface area contributed by atoms with E-state index in [1.807, 2.05) is 6.92 Å². The number of sulfonamides is 1. The molecule has 0 fully saturated rings. The molecule has 0 saturated heterocycles. The van der Waals surface area contributed by atoms with Gasteiger partial charge >= 0.3 is 0 Å². The molecule has 1 aromatic heterocycles. The smallest absolute Gasteiger partial charge is 0.240 e. The largest absolute Gasteiger partial charge is 0.494 e. The van der Waals surface area contributed by atoms with Gasteiger partial charge in [0.05, 0.1) is 16.4 Å². The molecule has 3 rings (SSSR count). The lowest BCUT2D eigenvalue weighted by Gasteiger charge is -2.18. The third-order valence-electron chi connectivity index (χ3n) is 4.28. The predicted molar refractivity (Wildman–Crippen MR) is 113 cm³/mol. The van der Waals surface area contributed by atoms with Crippen LogP contribution in [0.1, 0.15) is 17.1 Å². The van der Waals surface area contributed by atoms with Crippen molar-refractivity contribution in [3.63, 3.8) is 0 Å². The fraction of sp³-hybridized carbons (Fsp3) is 0.200. The highest BCUT2D eigenvalue weighted by molar-refractivity contribution is 7.92. The lowest BCUT2D eigenvalue weighted by Crippen LogP contribution is -2.31. The summed E-state index contributed by atoms with van der Waals surface area (Å²) in [7, 11) is -7.92. The van der Waals surface area contributed by atoms with Gasteiger partial charge in [-0.25, -0.2) is 25.9 Å². The van der Waals surface area contributed by atoms with Crippen molar-refractivity contribution in [3.8, 4) is 5.75 Å². The predicted octanol–water partition coefficient (Wildman–Crippen LogP) is 3.78. The van der Waals surface area contributed by atoms with Gasteiger partial charge in [-0.2, -0.15) is 0 Å². The molecule has 0 radical (unpaired) electrons. The molecule has 2 aromatic carbocycles. The van der Waals surface area contributed by atoms with Crippen LogP contribution < -0.4 is 9.46 Å². The second-order valence-corrected chi connectivity index (χ2v) is 11.1. The Morgan fingerprint density at radius 2 is 1.60 bits per heavy atom. The van der Waals surface area contributed by atoms with Crippen molar-refractivity contribution in [3.05, 3.63) is 76.7 Å². The number of hydrogen-bond acceptors (Lipinski definition) is 6. The van der Waals surface area contributed by atoms with Crippen LogP contribution in [0.4, 0.5) is 4.39 Å². The molecule has 0 aliphatic carbocycles. The summed E-state index contributed by atoms with van der Waals surface area (Å²) in [5.41, 5.74) is 0. The summed E-state index contributed by atoms with van der Waals surface area (Å²) >= 11 is 1.20. The van der Waals surface area contributed by atoms with Crippen LogP contribution in [0.15, 0.2) is 75.8 Å². The molecule has 0 saturated carbocycles. The van der Waals surface area contributed by atoms with Gasteiger partial charge in [-0.1, -0.05) is 6.07 Å². The number of ether oxygens (including phenoxy) is 1. The molecule has 1 N–H and O–H groups in total. The molecule has 0 unspecified atom stereocenters. The van der Waals surface area contributed by atoms with Gasteiger partial charge in [0.1, 0.15) is 16.8 Å². The first-order valence-electron chi connectivity index (χ1n) is 8.99. The van der Waals surface area contributed by atoms with E-state index in [1.165, 1.54) is 47.7 Å². The van der Waals surface area contributed by atoms with Crippen molar-refractivity contribution in [1.82, 2.24) is 4.72 Å². The van der Waals surface area contributed by atoms with E-state index < -0.39 is 30.9 Å². The van der Waals surface area contributed by atoms with E-state index in [9.17, 15) is 21.2 Å². The third kappa shape index (κ3) is 5.07. The second-order valence-electron chi connectivity index (χ2n) is 6.26. The van der Waals surface area contributed by atoms with Gasteiger partial charge < -0.3 is 4.74 Å². The first-order chi connectivity index (χ1) is 14.2. The summed E-state index contributed by atoms with van der Waals surface area (Å²) in [6.07, 6.45) is 0. The van der Waals surface area contributed by atoms with Gasteiger partial charge in [0.2, 0.25) is 10.0 Å². The Kier molecular flexibility index (Phi) is 6.91. The lowest BCUT2D eigenvalue weighted by molar-refractivity contribution is 0.340. The highest BCUT2D eigenvalue weighted by Gasteiger charge is 2.31. The lowest BCUT2D eigenvalue weighted by atomic mass is 10.3. The van der Waals surface area contributed by atoms with Crippen LogP contribution in [-0.2, 0) is 19.9 Å². The molecular formula is C20H20FNO5S3. The van der Waals surface area contributed by atoms with Gasteiger partial charge in [0.15, 0.2) is 9.84 Å². The quantitative estimate of drug-likeness (QED) is 0.482. The molecule has 10 heteroatoms. The van der Waals surface area contributed by atoms with Crippen LogP contribution in [0.2, 0.25) is 0 Å². The van der Waals surface area contributed by atoms with Gasteiger partial charge in [-0.3, -0.25) is 0 Å². The average molecular weight is 470 g/mol. The molecule has 160 valence electrons. The molecule has 0 spiro atoms. The van der Waals surface area contributed by atoms with Crippen molar-refractivity contribution in [2.45, 2.75) is 22.0 Å². The third-order valence-corrected chi connectivity index (χ3v) is 8.95. The SMILES string of the molecule is CCOc1ccc(S(=O)(=O)NC[C@@H](c2cccs2)S(=O)(=O)c2ccc(F)cc2)cc1. The van der Waals surface area contributed by atoms with Crippen molar-refractivity contribution < 1.29 is 26.0 Å². The molecular weight excluding hydrogens is 449 g/mol. The number of benzene rings is 2. The fourth-order valence-corrected chi connectivity index (χ4v) is 6.71. The van der Waals surface area contributed by atoms with Gasteiger partial charge in [-0.15, -0.1) is 11.3 Å². The molecule has 1 atom stereocenters. The first kappa shape index (κ1) is 22.4. The Balaban J connectivity index is 1.86. The summed E-state index contributed by atoms with van der Waals surface area (Å²) in [5, 5.41) is 0.559. The van der Waals surface area contributed by atoms with Crippen molar-refractivity contribution in [1.29, 1.82) is 0 Å². The Hall–Kier alpha value is -2.27. The van der Waals surface area contributed by atoms with E-state index in [0.717, 1.165) is 12.1 Å². The highest BCUT2D eigenvalue weighted by Crippen LogP contribution is 2.32. The van der Waals surface area contributed by atoms with E-state index in [4.69, 9.17) is 4.74 Å². The summed E-state index contributed by atoms with van der Waals surface area (Å²) in [4.78, 5) is 0.395. The minimum Gasteiger partial charge on any atom is -0.494 e. The van der Waals surface area contributed by atoms with E-state index >= 15 is 0 Å². The van der Waals surface area contributed by atoms with E-state index in [0.29, 0.717) is 17.2 Å². The molecule has 0 aliphatic heterocycles. The normalized spacial score (nSPS) is 13.1. The number of nitrogens with one attached hydrogen (secondary N) is 1. The van der Waals surface area contributed by atoms with Gasteiger partial charge in [0.25, 0.3) is 0 Å². The summed E-state index contributed by atoms with van der Waals surface area (Å²) in [6.45, 7) is 1.91. The summed E-state index contributed by atoms with van der Waals surface area (Å²) < 4.78 is 72.6. The monoisotopic (exact) mass is 469 g/mol. The average Bonchev–Trinajstić information content (AvgIpc) is 3.23. The van der Waals surface area contributed by atoms with Crippen LogP contribution in [0, 0.1) is 5.82 Å². The highest BCUT2D eigenvalue weighted by atomic mass is 32.2. The van der Waals surface area contributed by atoms with Crippen LogP contribution >= 0.6 is 11.3 Å². The summed E-state index contributed by atoms with van der Waals surface area (Å²) in [5.74, 6) is -0.0235. The van der Waals surface area contributed by atoms with E-state index in [1.54, 1.807) is 17.5 Å². The molecule has 0 amide bonds. The fourth-order valence-electron chi connectivity index (χ4n) is 2.78. The molecule has 6 nitrogen and oxygen atoms in total. The Morgan fingerprint density at radius 3 is 2.17 bits per heavy atom. The van der Waals surface area contributed by atoms with Crippen LogP contribution in [0.5, 0.6) is 5.75 Å². The zero-order valence-electron chi connectivity index (χ0n) is 16.0. The Labute approximate surface area is 179 Å². The summed E-state index contributed by atoms with van der Waals surface area (Å²) in [6, 6.07) is 13.6. The van der Waals surface area contributed by atoms with Crippen LogP contribution in [-0.4, -0.2) is 30.0 Å². The number of halogens is 1. The number of thiophene rings is 1. The maximum absolute atomic E-state index is 13.2. The topological polar surface area (TPSA) is 89.5 Å². The molecule has 0 bridgehead atoms. The molecule has 3 aromatic rings. The standard InChI is InChI=1S/C20H20FNO5S3/c1-2-27-16-7-11-18(12-8-16)30(25,26)22-14-20(19-4-3-13-28-19)29(23,24)17-9-5-15(21)6-10-17/h3-13,20,22H,2,14H2,1H3/t20-/m0/s1. The van der Waals surface area contributed by atoms with Crippen LogP contribution in [0.25, 0.3) is 0 Å². The minimum atomic E-state index is -3.96. The Morgan fingerprint density at radius 1 is 0.967 bits per heavy atom. The zero-order chi connectivity index (χ0) is 21.8. The maximum atomic E-state index is 13.2. The van der Waals surface area contributed by atoms with Gasteiger partial charge in [-0.05, 0) is 66.9 Å². The van der Waals surface area contributed by atoms with Crippen molar-refractivity contribution in [2.75, 3.05) is 13.2 Å². The molecule has 30 heavy (non-hydrogen) atoms.